The Morgan fingerprint density at radius 1 is 0.792 bits per heavy atom. The van der Waals surface area contributed by atoms with Crippen LogP contribution in [-0.2, 0) is 19.1 Å². The Balaban J connectivity index is 4.07. The summed E-state index contributed by atoms with van der Waals surface area (Å²) in [5.41, 5.74) is 0.813. The third kappa shape index (κ3) is 8.57. The van der Waals surface area contributed by atoms with E-state index < -0.39 is 6.16 Å². The SMILES string of the molecule is C=C(C(=O)N/C=C/OC(=O)O/C=C/NC(=O)C(=C)C(C)C)C(C)C. The van der Waals surface area contributed by atoms with Gasteiger partial charge in [0, 0.05) is 23.5 Å². The molecule has 0 aliphatic rings. The van der Waals surface area contributed by atoms with E-state index in [0.717, 1.165) is 24.9 Å². The zero-order valence-corrected chi connectivity index (χ0v) is 14.4. The molecule has 0 spiro atoms. The summed E-state index contributed by atoms with van der Waals surface area (Å²) in [5, 5.41) is 4.78. The second-order valence-electron chi connectivity index (χ2n) is 5.40. The highest BCUT2D eigenvalue weighted by molar-refractivity contribution is 5.94. The quantitative estimate of drug-likeness (QED) is 0.404. The molecule has 0 aromatic heterocycles. The molecule has 0 fully saturated rings. The molecule has 7 heteroatoms. The average molecular weight is 336 g/mol. The molecule has 0 aromatic carbocycles. The fourth-order valence-electron chi connectivity index (χ4n) is 1.14. The van der Waals surface area contributed by atoms with Gasteiger partial charge < -0.3 is 20.1 Å². The van der Waals surface area contributed by atoms with E-state index in [0.29, 0.717) is 11.1 Å². The van der Waals surface area contributed by atoms with Gasteiger partial charge in [0.2, 0.25) is 0 Å². The van der Waals surface area contributed by atoms with Crippen LogP contribution in [0.1, 0.15) is 27.7 Å². The normalized spacial score (nSPS) is 10.9. The van der Waals surface area contributed by atoms with Crippen molar-refractivity contribution in [2.45, 2.75) is 27.7 Å². The maximum absolute atomic E-state index is 11.5. The Kier molecular flexibility index (Phi) is 9.55. The van der Waals surface area contributed by atoms with E-state index in [2.05, 4.69) is 33.3 Å². The number of amides is 2. The van der Waals surface area contributed by atoms with Crippen LogP contribution in [0, 0.1) is 11.8 Å². The van der Waals surface area contributed by atoms with Crippen LogP contribution in [0.15, 0.2) is 49.2 Å². The van der Waals surface area contributed by atoms with Crippen molar-refractivity contribution in [3.8, 4) is 0 Å². The van der Waals surface area contributed by atoms with Gasteiger partial charge in [-0.1, -0.05) is 40.9 Å². The van der Waals surface area contributed by atoms with Gasteiger partial charge in [-0.3, -0.25) is 9.59 Å². The van der Waals surface area contributed by atoms with Gasteiger partial charge >= 0.3 is 6.16 Å². The van der Waals surface area contributed by atoms with Gasteiger partial charge in [0.05, 0.1) is 0 Å². The molecule has 2 N–H and O–H groups in total. The van der Waals surface area contributed by atoms with Gasteiger partial charge in [0.25, 0.3) is 11.8 Å². The average Bonchev–Trinajstić information content (AvgIpc) is 2.53. The number of hydrogen-bond donors (Lipinski definition) is 2. The number of ether oxygens (including phenoxy) is 2. The minimum Gasteiger partial charge on any atom is -0.401 e. The van der Waals surface area contributed by atoms with Crippen LogP contribution in [0.3, 0.4) is 0 Å². The smallest absolute Gasteiger partial charge is 0.401 e. The lowest BCUT2D eigenvalue weighted by Gasteiger charge is -2.07. The molecule has 0 unspecified atom stereocenters. The minimum absolute atomic E-state index is 0.0106. The molecule has 0 saturated carbocycles. The summed E-state index contributed by atoms with van der Waals surface area (Å²) in [7, 11) is 0. The van der Waals surface area contributed by atoms with Crippen molar-refractivity contribution in [3.05, 3.63) is 49.2 Å². The molecule has 7 nitrogen and oxygen atoms in total. The molecule has 0 aromatic rings. The van der Waals surface area contributed by atoms with Crippen LogP contribution >= 0.6 is 0 Å². The monoisotopic (exact) mass is 336 g/mol. The number of carbonyl (C=O) groups is 3. The van der Waals surface area contributed by atoms with Gasteiger partial charge in [-0.25, -0.2) is 4.79 Å². The van der Waals surface area contributed by atoms with Crippen molar-refractivity contribution >= 4 is 18.0 Å². The van der Waals surface area contributed by atoms with Crippen molar-refractivity contribution in [2.24, 2.45) is 11.8 Å². The number of rotatable bonds is 8. The maximum Gasteiger partial charge on any atom is 0.518 e. The van der Waals surface area contributed by atoms with Gasteiger partial charge in [0.15, 0.2) is 0 Å². The summed E-state index contributed by atoms with van der Waals surface area (Å²) in [6.45, 7) is 14.6. The molecule has 0 atom stereocenters. The van der Waals surface area contributed by atoms with Crippen molar-refractivity contribution in [2.75, 3.05) is 0 Å². The highest BCUT2D eigenvalue weighted by Crippen LogP contribution is 2.06. The first-order chi connectivity index (χ1) is 11.2. The molecule has 0 aliphatic carbocycles. The molecule has 0 bridgehead atoms. The summed E-state index contributed by atoms with van der Waals surface area (Å²) in [4.78, 5) is 34.2. The van der Waals surface area contributed by atoms with Crippen LogP contribution in [0.5, 0.6) is 0 Å². The lowest BCUT2D eigenvalue weighted by Crippen LogP contribution is -2.21. The Hall–Kier alpha value is -2.83. The molecule has 24 heavy (non-hydrogen) atoms. The van der Waals surface area contributed by atoms with Crippen LogP contribution in [0.2, 0.25) is 0 Å². The van der Waals surface area contributed by atoms with Crippen molar-refractivity contribution < 1.29 is 23.9 Å². The molecule has 2 amide bonds. The molecular weight excluding hydrogens is 312 g/mol. The van der Waals surface area contributed by atoms with Crippen molar-refractivity contribution in [1.29, 1.82) is 0 Å². The molecule has 0 rings (SSSR count). The van der Waals surface area contributed by atoms with Crippen LogP contribution in [0.25, 0.3) is 0 Å². The summed E-state index contributed by atoms with van der Waals surface area (Å²) in [5.74, 6) is -0.717. The van der Waals surface area contributed by atoms with Crippen molar-refractivity contribution in [1.82, 2.24) is 10.6 Å². The fraction of sp³-hybridized carbons (Fsp3) is 0.353. The first-order valence-corrected chi connectivity index (χ1v) is 7.33. The molecular formula is C17H24N2O5. The van der Waals surface area contributed by atoms with Crippen LogP contribution in [-0.4, -0.2) is 18.0 Å². The van der Waals surface area contributed by atoms with E-state index >= 15 is 0 Å². The topological polar surface area (TPSA) is 93.7 Å². The van der Waals surface area contributed by atoms with E-state index in [1.54, 1.807) is 0 Å². The first kappa shape index (κ1) is 21.2. The summed E-state index contributed by atoms with van der Waals surface area (Å²) in [6, 6.07) is 0. The van der Waals surface area contributed by atoms with Crippen LogP contribution < -0.4 is 10.6 Å². The minimum atomic E-state index is -1.03. The lowest BCUT2D eigenvalue weighted by atomic mass is 10.1. The molecule has 132 valence electrons. The van der Waals surface area contributed by atoms with Crippen molar-refractivity contribution in [3.63, 3.8) is 0 Å². The molecule has 0 saturated heterocycles. The molecule has 0 heterocycles. The predicted molar refractivity (Wildman–Crippen MR) is 90.1 cm³/mol. The predicted octanol–water partition coefficient (Wildman–Crippen LogP) is 2.74. The largest absolute Gasteiger partial charge is 0.518 e. The highest BCUT2D eigenvalue weighted by Gasteiger charge is 2.09. The summed E-state index contributed by atoms with van der Waals surface area (Å²) >= 11 is 0. The van der Waals surface area contributed by atoms with E-state index in [4.69, 9.17) is 0 Å². The maximum atomic E-state index is 11.5. The third-order valence-electron chi connectivity index (χ3n) is 2.87. The number of nitrogens with one attached hydrogen (secondary N) is 2. The Bertz CT molecular complexity index is 511. The Labute approximate surface area is 142 Å². The standard InChI is InChI=1S/C17H24N2O5/c1-11(2)13(5)15(20)18-7-9-23-17(22)24-10-8-19-16(21)14(6)12(3)4/h7-12H,5-6H2,1-4H3,(H,18,20)(H,19,21)/b9-7+,10-8+. The van der Waals surface area contributed by atoms with E-state index in [1.165, 1.54) is 0 Å². The summed E-state index contributed by atoms with van der Waals surface area (Å²) < 4.78 is 9.12. The second-order valence-corrected chi connectivity index (χ2v) is 5.40. The zero-order valence-electron chi connectivity index (χ0n) is 14.4. The number of hydrogen-bond acceptors (Lipinski definition) is 5. The Morgan fingerprint density at radius 2 is 1.12 bits per heavy atom. The third-order valence-corrected chi connectivity index (χ3v) is 2.87. The van der Waals surface area contributed by atoms with Gasteiger partial charge in [-0.15, -0.1) is 0 Å². The summed E-state index contributed by atoms with van der Waals surface area (Å²) in [6.07, 6.45) is 3.18. The lowest BCUT2D eigenvalue weighted by molar-refractivity contribution is -0.117. The van der Waals surface area contributed by atoms with E-state index in [1.807, 2.05) is 27.7 Å². The van der Waals surface area contributed by atoms with Crippen LogP contribution in [0.4, 0.5) is 4.79 Å². The van der Waals surface area contributed by atoms with Gasteiger partial charge in [0.1, 0.15) is 12.5 Å². The van der Waals surface area contributed by atoms with E-state index in [-0.39, 0.29) is 23.7 Å². The zero-order chi connectivity index (χ0) is 18.7. The fourth-order valence-corrected chi connectivity index (χ4v) is 1.14. The van der Waals surface area contributed by atoms with E-state index in [9.17, 15) is 14.4 Å². The molecule has 0 aliphatic heterocycles. The van der Waals surface area contributed by atoms with Gasteiger partial charge in [-0.2, -0.15) is 0 Å². The Morgan fingerprint density at radius 3 is 1.42 bits per heavy atom. The second kappa shape index (κ2) is 10.8. The number of carbonyl (C=O) groups excluding carboxylic acids is 3. The highest BCUT2D eigenvalue weighted by atomic mass is 16.7. The first-order valence-electron chi connectivity index (χ1n) is 7.33. The molecule has 0 radical (unpaired) electrons. The van der Waals surface area contributed by atoms with Gasteiger partial charge in [-0.05, 0) is 11.8 Å².